The van der Waals surface area contributed by atoms with Crippen molar-refractivity contribution in [3.8, 4) is 0 Å². The number of hydrogen-bond acceptors (Lipinski definition) is 3. The summed E-state index contributed by atoms with van der Waals surface area (Å²) in [6.45, 7) is 2.40. The summed E-state index contributed by atoms with van der Waals surface area (Å²) in [4.78, 5) is 29.3. The van der Waals surface area contributed by atoms with Crippen molar-refractivity contribution in [2.45, 2.75) is 19.9 Å². The topological polar surface area (TPSA) is 49.4 Å². The van der Waals surface area contributed by atoms with Crippen molar-refractivity contribution >= 4 is 46.1 Å². The first kappa shape index (κ1) is 21.4. The molecule has 0 radical (unpaired) electrons. The maximum Gasteiger partial charge on any atom is 0.260 e. The van der Waals surface area contributed by atoms with Crippen LogP contribution >= 0.6 is 22.9 Å². The number of rotatable bonds is 3. The number of benzene rings is 3. The molecule has 0 aliphatic carbocycles. The number of carbonyl (C=O) groups is 2. The number of amides is 2. The highest BCUT2D eigenvalue weighted by atomic mass is 35.5. The fraction of sp³-hybridized carbons (Fsp3) is 0.111. The molecule has 0 spiro atoms. The van der Waals surface area contributed by atoms with Crippen LogP contribution in [0.1, 0.15) is 42.3 Å². The molecule has 1 aromatic heterocycles. The molecule has 0 fully saturated rings. The van der Waals surface area contributed by atoms with Crippen LogP contribution in [0.5, 0.6) is 0 Å². The third kappa shape index (κ3) is 4.17. The number of nitrogens with zero attached hydrogens (tertiary/aromatic N) is 1. The summed E-state index contributed by atoms with van der Waals surface area (Å²) in [6, 6.07) is 22.5. The molecule has 5 rings (SSSR count). The second-order valence-corrected chi connectivity index (χ2v) is 9.44. The average molecular weight is 473 g/mol. The van der Waals surface area contributed by atoms with Gasteiger partial charge < -0.3 is 10.2 Å². The predicted molar refractivity (Wildman–Crippen MR) is 135 cm³/mol. The van der Waals surface area contributed by atoms with Crippen LogP contribution in [0.2, 0.25) is 5.02 Å². The maximum atomic E-state index is 13.6. The molecular weight excluding hydrogens is 452 g/mol. The Hall–Kier alpha value is -3.41. The fourth-order valence-electron chi connectivity index (χ4n) is 4.14. The van der Waals surface area contributed by atoms with E-state index >= 15 is 0 Å². The lowest BCUT2D eigenvalue weighted by Gasteiger charge is -2.23. The molecule has 4 aromatic rings. The van der Waals surface area contributed by atoms with Gasteiger partial charge in [-0.15, -0.1) is 11.3 Å². The number of para-hydroxylation sites is 1. The first-order valence-corrected chi connectivity index (χ1v) is 11.9. The number of nitrogens with one attached hydrogen (secondary N) is 1. The van der Waals surface area contributed by atoms with Crippen LogP contribution in [0.15, 0.2) is 78.2 Å². The molecule has 4 nitrogen and oxygen atoms in total. The molecule has 33 heavy (non-hydrogen) atoms. The maximum absolute atomic E-state index is 13.6. The van der Waals surface area contributed by atoms with E-state index in [4.69, 9.17) is 11.6 Å². The zero-order valence-electron chi connectivity index (χ0n) is 18.0. The summed E-state index contributed by atoms with van der Waals surface area (Å²) in [5.74, 6) is -0.375. The van der Waals surface area contributed by atoms with Gasteiger partial charge in [0.25, 0.3) is 11.8 Å². The minimum Gasteiger partial charge on any atom is -0.322 e. The molecule has 2 amide bonds. The third-order valence-corrected chi connectivity index (χ3v) is 7.16. The van der Waals surface area contributed by atoms with Crippen LogP contribution in [0.25, 0.3) is 0 Å². The monoisotopic (exact) mass is 472 g/mol. The molecule has 6 heteroatoms. The van der Waals surface area contributed by atoms with E-state index in [-0.39, 0.29) is 11.8 Å². The number of aryl methyl sites for hydroxylation is 1. The predicted octanol–water partition coefficient (Wildman–Crippen LogP) is 6.71. The van der Waals surface area contributed by atoms with E-state index in [2.05, 4.69) is 22.8 Å². The Morgan fingerprint density at radius 2 is 1.73 bits per heavy atom. The number of anilines is 2. The lowest BCUT2D eigenvalue weighted by Crippen LogP contribution is -2.30. The SMILES string of the molecule is Cc1ccccc1C(=O)Nc1ccc(C(=O)N2Cc3sccc3Cc3ccccc32)c(Cl)c1. The number of hydrogen-bond donors (Lipinski definition) is 1. The molecule has 0 saturated heterocycles. The number of halogens is 1. The molecule has 3 aromatic carbocycles. The van der Waals surface area contributed by atoms with Gasteiger partial charge in [-0.05, 0) is 65.4 Å². The fourth-order valence-corrected chi connectivity index (χ4v) is 5.29. The molecule has 164 valence electrons. The standard InChI is InChI=1S/C27H21ClN2O2S/c1-17-6-2-4-8-21(17)26(31)29-20-10-11-22(23(28)15-20)27(32)30-16-25-19(12-13-33-25)14-18-7-3-5-9-24(18)30/h2-13,15H,14,16H2,1H3,(H,29,31). The van der Waals surface area contributed by atoms with Crippen molar-refractivity contribution in [2.24, 2.45) is 0 Å². The summed E-state index contributed by atoms with van der Waals surface area (Å²) >= 11 is 8.22. The van der Waals surface area contributed by atoms with Crippen LogP contribution in [0.3, 0.4) is 0 Å². The quantitative estimate of drug-likeness (QED) is 0.360. The lowest BCUT2D eigenvalue weighted by molar-refractivity contribution is 0.0984. The Morgan fingerprint density at radius 3 is 2.55 bits per heavy atom. The largest absolute Gasteiger partial charge is 0.322 e. The average Bonchev–Trinajstić information content (AvgIpc) is 3.18. The highest BCUT2D eigenvalue weighted by Gasteiger charge is 2.27. The Balaban J connectivity index is 1.43. The molecule has 1 aliphatic rings. The van der Waals surface area contributed by atoms with Gasteiger partial charge in [0.15, 0.2) is 0 Å². The Morgan fingerprint density at radius 1 is 0.939 bits per heavy atom. The van der Waals surface area contributed by atoms with E-state index in [1.807, 2.05) is 43.3 Å². The summed E-state index contributed by atoms with van der Waals surface area (Å²) in [6.07, 6.45) is 0.802. The van der Waals surface area contributed by atoms with Crippen molar-refractivity contribution < 1.29 is 9.59 Å². The van der Waals surface area contributed by atoms with Crippen LogP contribution in [0, 0.1) is 6.92 Å². The van der Waals surface area contributed by atoms with Crippen molar-refractivity contribution in [3.63, 3.8) is 0 Å². The molecule has 0 unspecified atom stereocenters. The minimum atomic E-state index is -0.213. The first-order valence-electron chi connectivity index (χ1n) is 10.6. The zero-order chi connectivity index (χ0) is 22.9. The van der Waals surface area contributed by atoms with Crippen LogP contribution < -0.4 is 10.2 Å². The van der Waals surface area contributed by atoms with Crippen LogP contribution in [0.4, 0.5) is 11.4 Å². The van der Waals surface area contributed by atoms with E-state index in [1.165, 1.54) is 10.4 Å². The van der Waals surface area contributed by atoms with Gasteiger partial charge in [0.1, 0.15) is 0 Å². The molecule has 0 atom stereocenters. The molecule has 1 aliphatic heterocycles. The Labute approximate surface area is 201 Å². The van der Waals surface area contributed by atoms with Gasteiger partial charge in [-0.3, -0.25) is 9.59 Å². The van der Waals surface area contributed by atoms with Gasteiger partial charge in [-0.1, -0.05) is 48.0 Å². The third-order valence-electron chi connectivity index (χ3n) is 5.89. The van der Waals surface area contributed by atoms with Crippen molar-refractivity contribution in [2.75, 3.05) is 10.2 Å². The van der Waals surface area contributed by atoms with E-state index in [1.54, 1.807) is 40.5 Å². The summed E-state index contributed by atoms with van der Waals surface area (Å²) in [7, 11) is 0. The van der Waals surface area contributed by atoms with Crippen LogP contribution in [-0.4, -0.2) is 11.8 Å². The van der Waals surface area contributed by atoms with Crippen molar-refractivity contribution in [3.05, 3.63) is 116 Å². The lowest BCUT2D eigenvalue weighted by atomic mass is 10.1. The molecule has 0 saturated carbocycles. The number of carbonyl (C=O) groups excluding carboxylic acids is 2. The van der Waals surface area contributed by atoms with Gasteiger partial charge in [0.05, 0.1) is 17.1 Å². The summed E-state index contributed by atoms with van der Waals surface area (Å²) in [5, 5.41) is 5.25. The van der Waals surface area contributed by atoms with Gasteiger partial charge >= 0.3 is 0 Å². The van der Waals surface area contributed by atoms with Crippen molar-refractivity contribution in [1.29, 1.82) is 0 Å². The molecular formula is C27H21ClN2O2S. The van der Waals surface area contributed by atoms with Gasteiger partial charge in [-0.2, -0.15) is 0 Å². The van der Waals surface area contributed by atoms with Gasteiger partial charge in [-0.25, -0.2) is 0 Å². The van der Waals surface area contributed by atoms with Gasteiger partial charge in [0, 0.05) is 28.2 Å². The van der Waals surface area contributed by atoms with Crippen LogP contribution in [-0.2, 0) is 13.0 Å². The van der Waals surface area contributed by atoms with Crippen molar-refractivity contribution in [1.82, 2.24) is 0 Å². The smallest absolute Gasteiger partial charge is 0.260 e. The van der Waals surface area contributed by atoms with E-state index in [0.717, 1.165) is 23.2 Å². The highest BCUT2D eigenvalue weighted by molar-refractivity contribution is 7.10. The molecule has 2 heterocycles. The Kier molecular flexibility index (Phi) is 5.75. The molecule has 0 bridgehead atoms. The normalized spacial score (nSPS) is 12.5. The summed E-state index contributed by atoms with van der Waals surface area (Å²) < 4.78 is 0. The van der Waals surface area contributed by atoms with E-state index in [0.29, 0.717) is 28.4 Å². The Bertz CT molecular complexity index is 1380. The van der Waals surface area contributed by atoms with E-state index < -0.39 is 0 Å². The minimum absolute atomic E-state index is 0.162. The van der Waals surface area contributed by atoms with Gasteiger partial charge in [0.2, 0.25) is 0 Å². The second kappa shape index (κ2) is 8.85. The zero-order valence-corrected chi connectivity index (χ0v) is 19.5. The first-order chi connectivity index (χ1) is 16.0. The molecule has 1 N–H and O–H groups in total. The summed E-state index contributed by atoms with van der Waals surface area (Å²) in [5.41, 5.74) is 5.70. The van der Waals surface area contributed by atoms with E-state index in [9.17, 15) is 9.59 Å². The second-order valence-electron chi connectivity index (χ2n) is 8.03. The number of fused-ring (bicyclic) bond motifs is 2. The number of thiophene rings is 1. The highest BCUT2D eigenvalue weighted by Crippen LogP contribution is 2.35.